The predicted molar refractivity (Wildman–Crippen MR) is 191 cm³/mol. The number of methoxy groups -OCH3 is 1. The SMILES string of the molecule is CC.CC(C)C.CC(F)(F)C(=O)O.CNc1cc(C2CCC(OC(=O)NC(C)C)C2)[nH]n1.COc1cc(O)c(C=O)c(-c2cc(C=O)n(C)n2)c1. The number of alkyl carbamates (subject to hydrolysis) is 1. The molecule has 2 heterocycles. The molecular weight excluding hydrogens is 670 g/mol. The summed E-state index contributed by atoms with van der Waals surface area (Å²) in [6, 6.07) is 6.59. The van der Waals surface area contributed by atoms with Crippen LogP contribution in [0.1, 0.15) is 107 Å². The molecule has 0 aliphatic heterocycles. The number of carboxylic acid groups (broad SMARTS) is 1. The summed E-state index contributed by atoms with van der Waals surface area (Å²) in [4.78, 5) is 42.7. The summed E-state index contributed by atoms with van der Waals surface area (Å²) in [7, 11) is 4.92. The third-order valence-electron chi connectivity index (χ3n) is 6.53. The van der Waals surface area contributed by atoms with Crippen molar-refractivity contribution in [1.82, 2.24) is 25.3 Å². The Hall–Kier alpha value is -5.02. The molecule has 5 N–H and O–H groups in total. The summed E-state index contributed by atoms with van der Waals surface area (Å²) in [6.07, 6.45) is 3.67. The number of H-pyrrole nitrogens is 1. The van der Waals surface area contributed by atoms with Crippen LogP contribution in [0.3, 0.4) is 0 Å². The monoisotopic (exact) mass is 724 g/mol. The first-order chi connectivity index (χ1) is 23.9. The van der Waals surface area contributed by atoms with E-state index in [2.05, 4.69) is 46.7 Å². The number of phenols is 1. The van der Waals surface area contributed by atoms with Crippen LogP contribution in [0.15, 0.2) is 24.3 Å². The van der Waals surface area contributed by atoms with Gasteiger partial charge in [0.2, 0.25) is 0 Å². The number of aromatic nitrogens is 4. The first kappa shape index (κ1) is 46.0. The van der Waals surface area contributed by atoms with Crippen molar-refractivity contribution in [2.75, 3.05) is 19.5 Å². The molecule has 14 nitrogen and oxygen atoms in total. The van der Waals surface area contributed by atoms with Crippen molar-refractivity contribution in [2.24, 2.45) is 13.0 Å². The van der Waals surface area contributed by atoms with Crippen molar-refractivity contribution >= 4 is 30.5 Å². The summed E-state index contributed by atoms with van der Waals surface area (Å²) in [5, 5.41) is 34.3. The molecule has 1 amide bonds. The third kappa shape index (κ3) is 16.5. The zero-order valence-electron chi connectivity index (χ0n) is 31.3. The lowest BCUT2D eigenvalue weighted by Gasteiger charge is -2.14. The van der Waals surface area contributed by atoms with Crippen molar-refractivity contribution in [3.8, 4) is 22.8 Å². The van der Waals surface area contributed by atoms with E-state index in [1.54, 1.807) is 13.1 Å². The molecule has 1 fully saturated rings. The molecule has 0 saturated heterocycles. The number of aliphatic carboxylic acids is 1. The van der Waals surface area contributed by atoms with E-state index in [4.69, 9.17) is 14.6 Å². The van der Waals surface area contributed by atoms with Gasteiger partial charge in [-0.05, 0) is 51.2 Å². The number of amides is 1. The number of anilines is 1. The zero-order chi connectivity index (χ0) is 39.5. The fourth-order valence-corrected chi connectivity index (χ4v) is 4.21. The fraction of sp³-hybridized carbons (Fsp3) is 0.543. The van der Waals surface area contributed by atoms with Gasteiger partial charge in [-0.25, -0.2) is 9.59 Å². The van der Waals surface area contributed by atoms with Crippen molar-refractivity contribution in [1.29, 1.82) is 0 Å². The molecule has 0 radical (unpaired) electrons. The molecule has 2 unspecified atom stereocenters. The van der Waals surface area contributed by atoms with Gasteiger partial charge >= 0.3 is 18.0 Å². The van der Waals surface area contributed by atoms with Gasteiger partial charge in [-0.3, -0.25) is 19.4 Å². The largest absolute Gasteiger partial charge is 0.507 e. The quantitative estimate of drug-likeness (QED) is 0.142. The van der Waals surface area contributed by atoms with Gasteiger partial charge in [0.15, 0.2) is 12.6 Å². The van der Waals surface area contributed by atoms with Crippen LogP contribution < -0.4 is 15.4 Å². The maximum atomic E-state index is 11.5. The number of nitrogens with zero attached hydrogens (tertiary/aromatic N) is 3. The van der Waals surface area contributed by atoms with Gasteiger partial charge in [0.1, 0.15) is 29.1 Å². The standard InChI is InChI=1S/C13H22N4O2.C13H12N2O4.C4H10.C3H4F2O2.C2H6/c1-8(2)15-13(18)19-10-5-4-9(6-10)11-7-12(14-3)17-16-11;1-15-8(6-16)3-12(14-15)10-4-9(19-2)5-13(18)11(10)7-17;1-4(2)3;1-3(4,5)2(6)7;1-2/h7-10H,4-6H2,1-3H3,(H,15,18)(H2,14,16,17);3-7,18H,1-2H3;4H,1-3H3;1H3,(H,6,7);1-2H3. The van der Waals surface area contributed by atoms with Gasteiger partial charge in [0.25, 0.3) is 0 Å². The predicted octanol–water partition coefficient (Wildman–Crippen LogP) is 7.06. The Balaban J connectivity index is 0.000000735. The molecule has 1 aliphatic rings. The number of alkyl halides is 2. The van der Waals surface area contributed by atoms with Crippen molar-refractivity contribution < 1.29 is 47.6 Å². The van der Waals surface area contributed by atoms with Crippen LogP contribution in [0.25, 0.3) is 11.3 Å². The summed E-state index contributed by atoms with van der Waals surface area (Å²) >= 11 is 0. The Morgan fingerprint density at radius 1 is 1.08 bits per heavy atom. The van der Waals surface area contributed by atoms with Gasteiger partial charge in [-0.2, -0.15) is 19.0 Å². The van der Waals surface area contributed by atoms with E-state index in [1.807, 2.05) is 40.8 Å². The number of phenolic OH excluding ortho intramolecular Hbond substituents is 1. The van der Waals surface area contributed by atoms with Crippen molar-refractivity contribution in [2.45, 2.75) is 98.6 Å². The minimum absolute atomic E-state index is 0.00471. The van der Waals surface area contributed by atoms with E-state index < -0.39 is 11.9 Å². The van der Waals surface area contributed by atoms with Crippen LogP contribution in [0.2, 0.25) is 0 Å². The van der Waals surface area contributed by atoms with E-state index in [0.29, 0.717) is 48.1 Å². The highest BCUT2D eigenvalue weighted by Gasteiger charge is 2.31. The minimum atomic E-state index is -3.58. The zero-order valence-corrected chi connectivity index (χ0v) is 31.3. The molecule has 1 aromatic carbocycles. The molecule has 51 heavy (non-hydrogen) atoms. The minimum Gasteiger partial charge on any atom is -0.507 e. The van der Waals surface area contributed by atoms with Gasteiger partial charge < -0.3 is 30.3 Å². The maximum Gasteiger partial charge on any atom is 0.407 e. The summed E-state index contributed by atoms with van der Waals surface area (Å²) in [6.45, 7) is 14.7. The number of nitrogens with one attached hydrogen (secondary N) is 3. The number of aldehydes is 2. The second kappa shape index (κ2) is 22.6. The number of carboxylic acids is 1. The van der Waals surface area contributed by atoms with Crippen molar-refractivity contribution in [3.05, 3.63) is 41.2 Å². The number of benzene rings is 1. The van der Waals surface area contributed by atoms with E-state index >= 15 is 0 Å². The Morgan fingerprint density at radius 3 is 2.10 bits per heavy atom. The molecular formula is C35H54F2N6O8. The second-order valence-electron chi connectivity index (χ2n) is 12.1. The number of hydrogen-bond donors (Lipinski definition) is 5. The Labute approximate surface area is 298 Å². The smallest absolute Gasteiger partial charge is 0.407 e. The molecule has 2 atom stereocenters. The van der Waals surface area contributed by atoms with Gasteiger partial charge in [-0.15, -0.1) is 0 Å². The highest BCUT2D eigenvalue weighted by molar-refractivity contribution is 5.91. The highest BCUT2D eigenvalue weighted by atomic mass is 19.3. The van der Waals surface area contributed by atoms with E-state index in [1.165, 1.54) is 23.9 Å². The average Bonchev–Trinajstić information content (AvgIpc) is 3.81. The molecule has 16 heteroatoms. The molecule has 0 spiro atoms. The first-order valence-corrected chi connectivity index (χ1v) is 16.5. The molecule has 2 aromatic heterocycles. The van der Waals surface area contributed by atoms with Crippen LogP contribution in [0, 0.1) is 5.92 Å². The Morgan fingerprint density at radius 2 is 1.67 bits per heavy atom. The van der Waals surface area contributed by atoms with Crippen LogP contribution in [0.5, 0.6) is 11.5 Å². The average molecular weight is 725 g/mol. The van der Waals surface area contributed by atoms with Gasteiger partial charge in [0, 0.05) is 56.4 Å². The van der Waals surface area contributed by atoms with Gasteiger partial charge in [-0.1, -0.05) is 34.6 Å². The number of carbonyl (C=O) groups excluding carboxylic acids is 3. The molecule has 1 aliphatic carbocycles. The number of aromatic amines is 1. The van der Waals surface area contributed by atoms with Crippen LogP contribution >= 0.6 is 0 Å². The number of aryl methyl sites for hydroxylation is 1. The van der Waals surface area contributed by atoms with Crippen LogP contribution in [-0.2, 0) is 16.6 Å². The lowest BCUT2D eigenvalue weighted by molar-refractivity contribution is -0.161. The number of carbonyl (C=O) groups is 4. The fourth-order valence-electron chi connectivity index (χ4n) is 4.21. The molecule has 0 bridgehead atoms. The second-order valence-corrected chi connectivity index (χ2v) is 12.1. The van der Waals surface area contributed by atoms with Crippen LogP contribution in [0.4, 0.5) is 19.4 Å². The van der Waals surface area contributed by atoms with E-state index in [9.17, 15) is 33.1 Å². The number of aromatic hydroxyl groups is 1. The van der Waals surface area contributed by atoms with E-state index in [0.717, 1.165) is 36.7 Å². The Bertz CT molecular complexity index is 1520. The molecule has 4 rings (SSSR count). The normalized spacial score (nSPS) is 14.6. The number of halogens is 2. The molecule has 1 saturated carbocycles. The topological polar surface area (TPSA) is 198 Å². The first-order valence-electron chi connectivity index (χ1n) is 16.5. The third-order valence-corrected chi connectivity index (χ3v) is 6.53. The number of hydrogen-bond acceptors (Lipinski definition) is 10. The number of rotatable bonds is 9. The lowest BCUT2D eigenvalue weighted by atomic mass is 10.0. The summed E-state index contributed by atoms with van der Waals surface area (Å²) in [5.41, 5.74) is 2.42. The molecule has 3 aromatic rings. The highest BCUT2D eigenvalue weighted by Crippen LogP contribution is 2.36. The van der Waals surface area contributed by atoms with Crippen LogP contribution in [-0.4, -0.2) is 87.1 Å². The van der Waals surface area contributed by atoms with E-state index in [-0.39, 0.29) is 29.6 Å². The summed E-state index contributed by atoms with van der Waals surface area (Å²) in [5.74, 6) is -3.39. The number of ether oxygens (including phenoxy) is 2. The summed E-state index contributed by atoms with van der Waals surface area (Å²) < 4.78 is 34.3. The van der Waals surface area contributed by atoms with Crippen molar-refractivity contribution in [3.63, 3.8) is 0 Å². The Kier molecular flexibility index (Phi) is 20.4. The lowest BCUT2D eigenvalue weighted by Crippen LogP contribution is -2.33. The maximum absolute atomic E-state index is 11.5. The van der Waals surface area contributed by atoms with Gasteiger partial charge in [0.05, 0.1) is 18.4 Å². The molecule has 286 valence electrons.